The van der Waals surface area contributed by atoms with Crippen molar-refractivity contribution in [3.8, 4) is 0 Å². The molecule has 5 heteroatoms. The van der Waals surface area contributed by atoms with Gasteiger partial charge in [0.25, 0.3) is 5.91 Å². The molecule has 1 aliphatic heterocycles. The van der Waals surface area contributed by atoms with Crippen LogP contribution in [0, 0.1) is 5.92 Å². The fraction of sp³-hybridized carbons (Fsp3) is 0.389. The van der Waals surface area contributed by atoms with E-state index in [2.05, 4.69) is 22.2 Å². The zero-order valence-corrected chi connectivity index (χ0v) is 13.4. The molecule has 0 aliphatic carbocycles. The first kappa shape index (κ1) is 15.5. The molecule has 120 valence electrons. The highest BCUT2D eigenvalue weighted by Gasteiger charge is 2.22. The van der Waals surface area contributed by atoms with Gasteiger partial charge >= 0.3 is 0 Å². The highest BCUT2D eigenvalue weighted by Crippen LogP contribution is 2.18. The third-order valence-corrected chi connectivity index (χ3v) is 4.15. The lowest BCUT2D eigenvalue weighted by molar-refractivity contribution is 0.0677. The van der Waals surface area contributed by atoms with Crippen LogP contribution in [0.25, 0.3) is 0 Å². The average Bonchev–Trinajstić information content (AvgIpc) is 2.61. The molecule has 0 saturated carbocycles. The predicted molar refractivity (Wildman–Crippen MR) is 90.1 cm³/mol. The van der Waals surface area contributed by atoms with Crippen molar-refractivity contribution in [2.75, 3.05) is 18.4 Å². The Kier molecular flexibility index (Phi) is 4.86. The van der Waals surface area contributed by atoms with Gasteiger partial charge in [-0.1, -0.05) is 13.0 Å². The Morgan fingerprint density at radius 2 is 2.26 bits per heavy atom. The van der Waals surface area contributed by atoms with Crippen LogP contribution >= 0.6 is 0 Å². The zero-order chi connectivity index (χ0) is 16.1. The second-order valence-electron chi connectivity index (χ2n) is 6.15. The number of hydrogen-bond donors (Lipinski definition) is 1. The van der Waals surface area contributed by atoms with E-state index in [-0.39, 0.29) is 5.91 Å². The summed E-state index contributed by atoms with van der Waals surface area (Å²) in [4.78, 5) is 22.8. The minimum atomic E-state index is 0.0374. The predicted octanol–water partition coefficient (Wildman–Crippen LogP) is 2.96. The van der Waals surface area contributed by atoms with E-state index in [0.717, 1.165) is 30.8 Å². The molecule has 3 rings (SSSR count). The molecule has 0 spiro atoms. The van der Waals surface area contributed by atoms with E-state index in [1.807, 2.05) is 29.3 Å². The first-order valence-electron chi connectivity index (χ1n) is 8.10. The summed E-state index contributed by atoms with van der Waals surface area (Å²) in [6, 6.07) is 7.64. The summed E-state index contributed by atoms with van der Waals surface area (Å²) in [5.74, 6) is 0.614. The number of amides is 1. The third-order valence-electron chi connectivity index (χ3n) is 4.15. The summed E-state index contributed by atoms with van der Waals surface area (Å²) >= 11 is 0. The highest BCUT2D eigenvalue weighted by molar-refractivity contribution is 5.92. The zero-order valence-electron chi connectivity index (χ0n) is 13.4. The van der Waals surface area contributed by atoms with Crippen LogP contribution in [0.2, 0.25) is 0 Å². The second kappa shape index (κ2) is 7.22. The average molecular weight is 310 g/mol. The van der Waals surface area contributed by atoms with Gasteiger partial charge in [0.15, 0.2) is 0 Å². The van der Waals surface area contributed by atoms with Gasteiger partial charge in [-0.15, -0.1) is 0 Å². The molecule has 0 aromatic carbocycles. The van der Waals surface area contributed by atoms with Crippen molar-refractivity contribution < 1.29 is 4.79 Å². The standard InChI is InChI=1S/C18H22N4O/c1-14-4-3-9-22(13-14)18(23)17-7-6-16(12-21-17)20-11-15-5-2-8-19-10-15/h2,5-8,10,12,14,20H,3-4,9,11,13H2,1H3. The van der Waals surface area contributed by atoms with Gasteiger partial charge in [0.05, 0.1) is 11.9 Å². The number of aromatic nitrogens is 2. The van der Waals surface area contributed by atoms with E-state index in [1.54, 1.807) is 18.5 Å². The Hall–Kier alpha value is -2.43. The summed E-state index contributed by atoms with van der Waals surface area (Å²) in [6.07, 6.45) is 7.59. The summed E-state index contributed by atoms with van der Waals surface area (Å²) in [7, 11) is 0. The lowest BCUT2D eigenvalue weighted by atomic mass is 10.00. The van der Waals surface area contributed by atoms with Crippen LogP contribution in [0.4, 0.5) is 5.69 Å². The first-order chi connectivity index (χ1) is 11.2. The molecule has 23 heavy (non-hydrogen) atoms. The minimum Gasteiger partial charge on any atom is -0.380 e. The molecule has 1 aliphatic rings. The summed E-state index contributed by atoms with van der Waals surface area (Å²) < 4.78 is 0. The fourth-order valence-electron chi connectivity index (χ4n) is 2.87. The number of carbonyl (C=O) groups excluding carboxylic acids is 1. The van der Waals surface area contributed by atoms with Crippen LogP contribution in [0.3, 0.4) is 0 Å². The summed E-state index contributed by atoms with van der Waals surface area (Å²) in [5, 5.41) is 3.29. The van der Waals surface area contributed by atoms with E-state index in [4.69, 9.17) is 0 Å². The van der Waals surface area contributed by atoms with Crippen molar-refractivity contribution in [1.29, 1.82) is 0 Å². The van der Waals surface area contributed by atoms with Crippen LogP contribution in [0.5, 0.6) is 0 Å². The Bertz CT molecular complexity index is 642. The number of nitrogens with zero attached hydrogens (tertiary/aromatic N) is 3. The number of pyridine rings is 2. The number of rotatable bonds is 4. The molecule has 1 N–H and O–H groups in total. The summed E-state index contributed by atoms with van der Waals surface area (Å²) in [6.45, 7) is 4.55. The van der Waals surface area contributed by atoms with Crippen molar-refractivity contribution >= 4 is 11.6 Å². The van der Waals surface area contributed by atoms with Gasteiger partial charge in [-0.25, -0.2) is 4.98 Å². The van der Waals surface area contributed by atoms with Gasteiger partial charge in [0.1, 0.15) is 5.69 Å². The molecule has 0 radical (unpaired) electrons. The number of likely N-dealkylation sites (tertiary alicyclic amines) is 1. The van der Waals surface area contributed by atoms with Gasteiger partial charge in [0.2, 0.25) is 0 Å². The van der Waals surface area contributed by atoms with E-state index >= 15 is 0 Å². The van der Waals surface area contributed by atoms with Gasteiger partial charge in [0, 0.05) is 32.0 Å². The SMILES string of the molecule is CC1CCCN(C(=O)c2ccc(NCc3cccnc3)cn2)C1. The Balaban J connectivity index is 1.59. The van der Waals surface area contributed by atoms with E-state index in [0.29, 0.717) is 18.2 Å². The molecule has 1 amide bonds. The van der Waals surface area contributed by atoms with E-state index < -0.39 is 0 Å². The van der Waals surface area contributed by atoms with Crippen molar-refractivity contribution in [3.05, 3.63) is 54.1 Å². The van der Waals surface area contributed by atoms with Crippen molar-refractivity contribution in [3.63, 3.8) is 0 Å². The van der Waals surface area contributed by atoms with Gasteiger partial charge < -0.3 is 10.2 Å². The van der Waals surface area contributed by atoms with Crippen molar-refractivity contribution in [2.45, 2.75) is 26.3 Å². The van der Waals surface area contributed by atoms with Gasteiger partial charge in [-0.3, -0.25) is 9.78 Å². The number of anilines is 1. The van der Waals surface area contributed by atoms with Crippen LogP contribution in [-0.2, 0) is 6.54 Å². The normalized spacial score (nSPS) is 17.8. The molecule has 3 heterocycles. The smallest absolute Gasteiger partial charge is 0.272 e. The number of hydrogen-bond acceptors (Lipinski definition) is 4. The van der Waals surface area contributed by atoms with Crippen LogP contribution in [-0.4, -0.2) is 33.9 Å². The number of carbonyl (C=O) groups is 1. The largest absolute Gasteiger partial charge is 0.380 e. The third kappa shape index (κ3) is 4.06. The second-order valence-corrected chi connectivity index (χ2v) is 6.15. The van der Waals surface area contributed by atoms with Crippen LogP contribution < -0.4 is 5.32 Å². The molecule has 1 atom stereocenters. The first-order valence-corrected chi connectivity index (χ1v) is 8.10. The maximum atomic E-state index is 12.5. The lowest BCUT2D eigenvalue weighted by Crippen LogP contribution is -2.39. The molecule has 0 bridgehead atoms. The van der Waals surface area contributed by atoms with Crippen LogP contribution in [0.1, 0.15) is 35.8 Å². The Morgan fingerprint density at radius 1 is 1.35 bits per heavy atom. The van der Waals surface area contributed by atoms with Crippen LogP contribution in [0.15, 0.2) is 42.9 Å². The molecule has 1 unspecified atom stereocenters. The highest BCUT2D eigenvalue weighted by atomic mass is 16.2. The summed E-state index contributed by atoms with van der Waals surface area (Å²) in [5.41, 5.74) is 2.53. The molecule has 1 fully saturated rings. The number of piperidine rings is 1. The van der Waals surface area contributed by atoms with Crippen molar-refractivity contribution in [2.24, 2.45) is 5.92 Å². The fourth-order valence-corrected chi connectivity index (χ4v) is 2.87. The molecule has 1 saturated heterocycles. The van der Waals surface area contributed by atoms with Gasteiger partial charge in [-0.2, -0.15) is 0 Å². The molecule has 5 nitrogen and oxygen atoms in total. The van der Waals surface area contributed by atoms with Crippen molar-refractivity contribution in [1.82, 2.24) is 14.9 Å². The minimum absolute atomic E-state index is 0.0374. The molecule has 2 aromatic rings. The monoisotopic (exact) mass is 310 g/mol. The number of nitrogens with one attached hydrogen (secondary N) is 1. The maximum absolute atomic E-state index is 12.5. The van der Waals surface area contributed by atoms with E-state index in [9.17, 15) is 4.79 Å². The molecule has 2 aromatic heterocycles. The molecular formula is C18H22N4O. The maximum Gasteiger partial charge on any atom is 0.272 e. The molecular weight excluding hydrogens is 288 g/mol. The van der Waals surface area contributed by atoms with E-state index in [1.165, 1.54) is 6.42 Å². The Morgan fingerprint density at radius 3 is 2.96 bits per heavy atom. The Labute approximate surface area is 136 Å². The topological polar surface area (TPSA) is 58.1 Å². The lowest BCUT2D eigenvalue weighted by Gasteiger charge is -2.30. The quantitative estimate of drug-likeness (QED) is 0.943. The van der Waals surface area contributed by atoms with Gasteiger partial charge in [-0.05, 0) is 42.5 Å².